The van der Waals surface area contributed by atoms with Gasteiger partial charge in [-0.3, -0.25) is 9.59 Å². The van der Waals surface area contributed by atoms with Crippen LogP contribution in [-0.2, 0) is 6.54 Å². The van der Waals surface area contributed by atoms with Gasteiger partial charge >= 0.3 is 0 Å². The lowest BCUT2D eigenvalue weighted by Crippen LogP contribution is -2.27. The zero-order valence-electron chi connectivity index (χ0n) is 17.0. The van der Waals surface area contributed by atoms with E-state index >= 15 is 0 Å². The Hall–Kier alpha value is -3.71. The Balaban J connectivity index is 1.60. The lowest BCUT2D eigenvalue weighted by Gasteiger charge is -2.12. The van der Waals surface area contributed by atoms with Gasteiger partial charge in [-0.05, 0) is 43.7 Å². The van der Waals surface area contributed by atoms with Crippen LogP contribution in [0.2, 0.25) is 5.02 Å². The number of aromatic nitrogens is 4. The summed E-state index contributed by atoms with van der Waals surface area (Å²) in [4.78, 5) is 25.4. The molecule has 2 aromatic heterocycles. The van der Waals surface area contributed by atoms with Gasteiger partial charge in [-0.1, -0.05) is 41.4 Å². The molecular formula is C23H20ClN5O2. The summed E-state index contributed by atoms with van der Waals surface area (Å²) < 4.78 is 3.20. The van der Waals surface area contributed by atoms with Crippen LogP contribution in [0.15, 0.2) is 71.7 Å². The number of aryl methyl sites for hydroxylation is 2. The first-order valence-corrected chi connectivity index (χ1v) is 10.0. The summed E-state index contributed by atoms with van der Waals surface area (Å²) in [6.07, 6.45) is 1.60. The quantitative estimate of drug-likeness (QED) is 0.515. The minimum absolute atomic E-state index is 0.205. The van der Waals surface area contributed by atoms with Crippen LogP contribution in [0.5, 0.6) is 0 Å². The zero-order chi connectivity index (χ0) is 22.0. The molecule has 0 radical (unpaired) electrons. The van der Waals surface area contributed by atoms with Crippen molar-refractivity contribution in [2.45, 2.75) is 20.4 Å². The standard InChI is InChI=1S/C23H20ClN5O2/c1-15-3-5-17(6-4-15)14-28-21(11-12-25-28)26-23(31)22-20(30)13-16(2)29(27-22)19-9-7-18(24)8-10-19/h3-13H,14H2,1-2H3,(H,26,31). The number of nitrogens with zero attached hydrogens (tertiary/aromatic N) is 4. The van der Waals surface area contributed by atoms with E-state index in [1.54, 1.807) is 48.1 Å². The van der Waals surface area contributed by atoms with Crippen molar-refractivity contribution in [3.05, 3.63) is 105 Å². The van der Waals surface area contributed by atoms with Crippen molar-refractivity contribution in [1.29, 1.82) is 0 Å². The lowest BCUT2D eigenvalue weighted by molar-refractivity contribution is 0.101. The van der Waals surface area contributed by atoms with Crippen LogP contribution in [0.3, 0.4) is 0 Å². The van der Waals surface area contributed by atoms with E-state index in [1.165, 1.54) is 16.3 Å². The minimum atomic E-state index is -0.599. The molecule has 0 aliphatic carbocycles. The largest absolute Gasteiger partial charge is 0.305 e. The summed E-state index contributed by atoms with van der Waals surface area (Å²) in [6, 6.07) is 18.1. The SMILES string of the molecule is Cc1ccc(Cn2nccc2NC(=O)c2nn(-c3ccc(Cl)cc3)c(C)cc2=O)cc1. The van der Waals surface area contributed by atoms with Crippen molar-refractivity contribution in [1.82, 2.24) is 19.6 Å². The molecule has 7 nitrogen and oxygen atoms in total. The van der Waals surface area contributed by atoms with E-state index in [9.17, 15) is 9.59 Å². The molecule has 0 saturated heterocycles. The van der Waals surface area contributed by atoms with Crippen LogP contribution in [0.1, 0.15) is 27.3 Å². The van der Waals surface area contributed by atoms with Gasteiger partial charge in [0.25, 0.3) is 5.91 Å². The average molecular weight is 434 g/mol. The maximum absolute atomic E-state index is 12.9. The Morgan fingerprint density at radius 2 is 1.74 bits per heavy atom. The summed E-state index contributed by atoms with van der Waals surface area (Å²) in [5, 5.41) is 11.9. The topological polar surface area (TPSA) is 81.8 Å². The number of benzene rings is 2. The number of carbonyl (C=O) groups is 1. The van der Waals surface area contributed by atoms with Crippen LogP contribution in [0.4, 0.5) is 5.82 Å². The number of halogens is 1. The fraction of sp³-hybridized carbons (Fsp3) is 0.130. The second-order valence-electron chi connectivity index (χ2n) is 7.20. The van der Waals surface area contributed by atoms with Gasteiger partial charge in [0.1, 0.15) is 5.82 Å². The fourth-order valence-electron chi connectivity index (χ4n) is 3.16. The van der Waals surface area contributed by atoms with Gasteiger partial charge in [0, 0.05) is 22.8 Å². The molecule has 4 aromatic rings. The summed E-state index contributed by atoms with van der Waals surface area (Å²) in [7, 11) is 0. The van der Waals surface area contributed by atoms with Crippen molar-refractivity contribution < 1.29 is 4.79 Å². The van der Waals surface area contributed by atoms with E-state index in [0.717, 1.165) is 5.56 Å². The molecule has 0 fully saturated rings. The third-order valence-electron chi connectivity index (χ3n) is 4.80. The van der Waals surface area contributed by atoms with E-state index in [2.05, 4.69) is 15.5 Å². The van der Waals surface area contributed by atoms with Crippen LogP contribution in [0.25, 0.3) is 5.69 Å². The van der Waals surface area contributed by atoms with Crippen molar-refractivity contribution in [2.24, 2.45) is 0 Å². The average Bonchev–Trinajstić information content (AvgIpc) is 3.17. The Morgan fingerprint density at radius 1 is 1.03 bits per heavy atom. The van der Waals surface area contributed by atoms with E-state index in [1.807, 2.05) is 31.2 Å². The molecule has 0 saturated carbocycles. The molecule has 156 valence electrons. The number of nitrogens with one attached hydrogen (secondary N) is 1. The summed E-state index contributed by atoms with van der Waals surface area (Å²) in [5.74, 6) is -0.122. The third kappa shape index (κ3) is 4.57. The molecule has 1 N–H and O–H groups in total. The number of anilines is 1. The van der Waals surface area contributed by atoms with Gasteiger partial charge in [0.2, 0.25) is 5.43 Å². The maximum Gasteiger partial charge on any atom is 0.281 e. The van der Waals surface area contributed by atoms with Crippen LogP contribution < -0.4 is 10.7 Å². The summed E-state index contributed by atoms with van der Waals surface area (Å²) >= 11 is 5.95. The lowest BCUT2D eigenvalue weighted by atomic mass is 10.1. The zero-order valence-corrected chi connectivity index (χ0v) is 17.8. The Kier molecular flexibility index (Phi) is 5.68. The highest BCUT2D eigenvalue weighted by atomic mass is 35.5. The predicted octanol–water partition coefficient (Wildman–Crippen LogP) is 4.00. The van der Waals surface area contributed by atoms with E-state index < -0.39 is 11.3 Å². The number of hydrogen-bond acceptors (Lipinski definition) is 4. The highest BCUT2D eigenvalue weighted by Gasteiger charge is 2.17. The molecular weight excluding hydrogens is 414 g/mol. The Labute approximate surface area is 183 Å². The maximum atomic E-state index is 12.9. The van der Waals surface area contributed by atoms with E-state index in [4.69, 9.17) is 11.6 Å². The first-order valence-electron chi connectivity index (χ1n) is 9.66. The minimum Gasteiger partial charge on any atom is -0.305 e. The molecule has 1 amide bonds. The van der Waals surface area contributed by atoms with Gasteiger partial charge in [0.15, 0.2) is 5.69 Å². The molecule has 2 heterocycles. The van der Waals surface area contributed by atoms with Crippen LogP contribution in [0, 0.1) is 13.8 Å². The number of rotatable bonds is 5. The molecule has 4 rings (SSSR count). The molecule has 0 unspecified atom stereocenters. The van der Waals surface area contributed by atoms with Crippen molar-refractivity contribution in [2.75, 3.05) is 5.32 Å². The van der Waals surface area contributed by atoms with Crippen LogP contribution in [-0.4, -0.2) is 25.5 Å². The van der Waals surface area contributed by atoms with Gasteiger partial charge in [-0.25, -0.2) is 9.36 Å². The highest BCUT2D eigenvalue weighted by Crippen LogP contribution is 2.15. The second kappa shape index (κ2) is 8.57. The van der Waals surface area contributed by atoms with Crippen molar-refractivity contribution in [3.8, 4) is 5.69 Å². The predicted molar refractivity (Wildman–Crippen MR) is 120 cm³/mol. The summed E-state index contributed by atoms with van der Waals surface area (Å²) in [6.45, 7) is 4.26. The molecule has 8 heteroatoms. The van der Waals surface area contributed by atoms with E-state index in [0.29, 0.717) is 28.8 Å². The second-order valence-corrected chi connectivity index (χ2v) is 7.64. The Bertz CT molecular complexity index is 1290. The molecule has 31 heavy (non-hydrogen) atoms. The van der Waals surface area contributed by atoms with Crippen molar-refractivity contribution >= 4 is 23.3 Å². The monoisotopic (exact) mass is 433 g/mol. The summed E-state index contributed by atoms with van der Waals surface area (Å²) in [5.41, 5.74) is 2.85. The first kappa shape index (κ1) is 20.6. The number of amides is 1. The molecule has 2 aromatic carbocycles. The smallest absolute Gasteiger partial charge is 0.281 e. The molecule has 0 aliphatic heterocycles. The van der Waals surface area contributed by atoms with Crippen molar-refractivity contribution in [3.63, 3.8) is 0 Å². The van der Waals surface area contributed by atoms with Gasteiger partial charge in [-0.2, -0.15) is 10.2 Å². The van der Waals surface area contributed by atoms with Gasteiger partial charge in [0.05, 0.1) is 18.4 Å². The van der Waals surface area contributed by atoms with Gasteiger partial charge in [-0.15, -0.1) is 0 Å². The third-order valence-corrected chi connectivity index (χ3v) is 5.06. The highest BCUT2D eigenvalue weighted by molar-refractivity contribution is 6.30. The molecule has 0 spiro atoms. The number of carbonyl (C=O) groups excluding carboxylic acids is 1. The first-order chi connectivity index (χ1) is 14.9. The normalized spacial score (nSPS) is 10.8. The van der Waals surface area contributed by atoms with Crippen LogP contribution >= 0.6 is 11.6 Å². The fourth-order valence-corrected chi connectivity index (χ4v) is 3.28. The Morgan fingerprint density at radius 3 is 2.45 bits per heavy atom. The van der Waals surface area contributed by atoms with Gasteiger partial charge < -0.3 is 5.32 Å². The van der Waals surface area contributed by atoms with E-state index in [-0.39, 0.29) is 5.69 Å². The number of hydrogen-bond donors (Lipinski definition) is 1. The molecule has 0 bridgehead atoms. The molecule has 0 atom stereocenters. The molecule has 0 aliphatic rings.